The largest absolute Gasteiger partial charge is 0.375 e. The van der Waals surface area contributed by atoms with Crippen molar-refractivity contribution < 1.29 is 13.2 Å². The van der Waals surface area contributed by atoms with E-state index in [2.05, 4.69) is 21.2 Å². The van der Waals surface area contributed by atoms with Gasteiger partial charge in [0.2, 0.25) is 0 Å². The van der Waals surface area contributed by atoms with Crippen molar-refractivity contribution in [3.05, 3.63) is 63.9 Å². The van der Waals surface area contributed by atoms with Crippen LogP contribution in [0.4, 0.5) is 18.9 Å². The van der Waals surface area contributed by atoms with Gasteiger partial charge in [0.05, 0.1) is 11.7 Å². The van der Waals surface area contributed by atoms with Gasteiger partial charge in [-0.05, 0) is 47.1 Å². The molecule has 0 aromatic heterocycles. The lowest BCUT2D eigenvalue weighted by Gasteiger charge is -2.18. The minimum atomic E-state index is -0.700. The molecule has 1 nitrogen and oxygen atoms in total. The fourth-order valence-corrected chi connectivity index (χ4v) is 2.31. The second kappa shape index (κ2) is 5.65. The highest BCUT2D eigenvalue weighted by molar-refractivity contribution is 9.10. The first-order valence-corrected chi connectivity index (χ1v) is 6.44. The number of halogens is 4. The molecule has 0 fully saturated rings. The molecule has 0 saturated carbocycles. The van der Waals surface area contributed by atoms with Crippen LogP contribution in [0.2, 0.25) is 0 Å². The molecule has 100 valence electrons. The van der Waals surface area contributed by atoms with Gasteiger partial charge in [-0.1, -0.05) is 12.1 Å². The maximum absolute atomic E-state index is 13.6. The quantitative estimate of drug-likeness (QED) is 0.831. The first kappa shape index (κ1) is 13.9. The van der Waals surface area contributed by atoms with Gasteiger partial charge in [0, 0.05) is 10.0 Å². The van der Waals surface area contributed by atoms with Gasteiger partial charge in [0.25, 0.3) is 0 Å². The summed E-state index contributed by atoms with van der Waals surface area (Å²) in [7, 11) is 0. The van der Waals surface area contributed by atoms with Crippen LogP contribution in [-0.2, 0) is 0 Å². The Hall–Kier alpha value is -1.49. The van der Waals surface area contributed by atoms with Gasteiger partial charge in [-0.2, -0.15) is 0 Å². The van der Waals surface area contributed by atoms with E-state index in [1.54, 1.807) is 19.1 Å². The fraction of sp³-hybridized carbons (Fsp3) is 0.143. The zero-order chi connectivity index (χ0) is 14.0. The van der Waals surface area contributed by atoms with Gasteiger partial charge >= 0.3 is 0 Å². The lowest BCUT2D eigenvalue weighted by Crippen LogP contribution is -2.12. The summed E-state index contributed by atoms with van der Waals surface area (Å²) < 4.78 is 41.4. The minimum Gasteiger partial charge on any atom is -0.375 e. The van der Waals surface area contributed by atoms with Crippen LogP contribution in [0.15, 0.2) is 40.9 Å². The molecule has 0 aliphatic heterocycles. The van der Waals surface area contributed by atoms with Crippen molar-refractivity contribution >= 4 is 21.6 Å². The second-order valence-corrected chi connectivity index (χ2v) is 4.95. The van der Waals surface area contributed by atoms with Crippen LogP contribution in [0.3, 0.4) is 0 Å². The Kier molecular flexibility index (Phi) is 4.14. The van der Waals surface area contributed by atoms with Crippen LogP contribution >= 0.6 is 15.9 Å². The van der Waals surface area contributed by atoms with Crippen LogP contribution < -0.4 is 5.32 Å². The number of para-hydroxylation sites is 1. The van der Waals surface area contributed by atoms with Gasteiger partial charge in [-0.25, -0.2) is 13.2 Å². The maximum atomic E-state index is 13.6. The molecular weight excluding hydrogens is 319 g/mol. The molecule has 2 rings (SSSR count). The molecule has 5 heteroatoms. The Morgan fingerprint density at radius 3 is 2.05 bits per heavy atom. The predicted octanol–water partition coefficient (Wildman–Crippen LogP) is 5.04. The lowest BCUT2D eigenvalue weighted by atomic mass is 10.1. The number of rotatable bonds is 3. The topological polar surface area (TPSA) is 12.0 Å². The van der Waals surface area contributed by atoms with E-state index in [1.165, 1.54) is 24.3 Å². The molecule has 0 bridgehead atoms. The molecule has 1 atom stereocenters. The number of hydrogen-bond acceptors (Lipinski definition) is 1. The van der Waals surface area contributed by atoms with Crippen molar-refractivity contribution in [3.63, 3.8) is 0 Å². The summed E-state index contributed by atoms with van der Waals surface area (Å²) in [6, 6.07) is 7.40. The first-order valence-electron chi connectivity index (χ1n) is 5.65. The molecule has 0 heterocycles. The van der Waals surface area contributed by atoms with Crippen LogP contribution in [0.5, 0.6) is 0 Å². The Bertz CT molecular complexity index is 561. The highest BCUT2D eigenvalue weighted by Crippen LogP contribution is 2.30. The molecule has 0 radical (unpaired) electrons. The molecular formula is C14H11BrF3N. The van der Waals surface area contributed by atoms with E-state index in [-0.39, 0.29) is 11.3 Å². The molecule has 0 amide bonds. The number of hydrogen-bond donors (Lipinski definition) is 1. The monoisotopic (exact) mass is 329 g/mol. The van der Waals surface area contributed by atoms with E-state index in [9.17, 15) is 13.2 Å². The summed E-state index contributed by atoms with van der Waals surface area (Å²) in [6.07, 6.45) is 0. The second-order valence-electron chi connectivity index (χ2n) is 4.10. The average molecular weight is 330 g/mol. The van der Waals surface area contributed by atoms with Crippen molar-refractivity contribution in [2.45, 2.75) is 13.0 Å². The van der Waals surface area contributed by atoms with Crippen LogP contribution in [-0.4, -0.2) is 0 Å². The summed E-state index contributed by atoms with van der Waals surface area (Å²) in [5.74, 6) is -1.81. The molecule has 2 aromatic rings. The van der Waals surface area contributed by atoms with Crippen molar-refractivity contribution in [3.8, 4) is 0 Å². The fourth-order valence-electron chi connectivity index (χ4n) is 1.85. The van der Waals surface area contributed by atoms with Gasteiger partial charge in [-0.15, -0.1) is 0 Å². The van der Waals surface area contributed by atoms with Crippen molar-refractivity contribution in [2.75, 3.05) is 5.32 Å². The summed E-state index contributed by atoms with van der Waals surface area (Å²) in [4.78, 5) is 0. The Morgan fingerprint density at radius 1 is 0.947 bits per heavy atom. The van der Waals surface area contributed by atoms with Crippen molar-refractivity contribution in [2.24, 2.45) is 0 Å². The van der Waals surface area contributed by atoms with Crippen molar-refractivity contribution in [1.82, 2.24) is 0 Å². The molecule has 0 saturated heterocycles. The highest BCUT2D eigenvalue weighted by Gasteiger charge is 2.18. The van der Waals surface area contributed by atoms with Crippen molar-refractivity contribution in [1.29, 1.82) is 0 Å². The molecule has 0 spiro atoms. The summed E-state index contributed by atoms with van der Waals surface area (Å²) in [5.41, 5.74) is 0.0651. The molecule has 19 heavy (non-hydrogen) atoms. The third-order valence-electron chi connectivity index (χ3n) is 2.76. The van der Waals surface area contributed by atoms with E-state index in [1.807, 2.05) is 0 Å². The van der Waals surface area contributed by atoms with Gasteiger partial charge < -0.3 is 5.32 Å². The Labute approximate surface area is 117 Å². The Morgan fingerprint density at radius 2 is 1.47 bits per heavy atom. The van der Waals surface area contributed by atoms with E-state index < -0.39 is 23.5 Å². The highest BCUT2D eigenvalue weighted by atomic mass is 79.9. The normalized spacial score (nSPS) is 12.3. The zero-order valence-corrected chi connectivity index (χ0v) is 11.6. The van der Waals surface area contributed by atoms with E-state index in [4.69, 9.17) is 0 Å². The number of benzene rings is 2. The smallest absolute Gasteiger partial charge is 0.147 e. The Balaban J connectivity index is 2.34. The summed E-state index contributed by atoms with van der Waals surface area (Å²) in [5, 5.41) is 2.77. The predicted molar refractivity (Wildman–Crippen MR) is 72.5 cm³/mol. The zero-order valence-electron chi connectivity index (χ0n) is 10.1. The van der Waals surface area contributed by atoms with E-state index in [0.717, 1.165) is 0 Å². The minimum absolute atomic E-state index is 0.113. The molecule has 1 unspecified atom stereocenters. The first-order chi connectivity index (χ1) is 9.00. The SMILES string of the molecule is CC(Nc1c(F)cccc1Br)c1c(F)cccc1F. The van der Waals surface area contributed by atoms with Crippen LogP contribution in [0.25, 0.3) is 0 Å². The molecule has 0 aliphatic rings. The van der Waals surface area contributed by atoms with E-state index in [0.29, 0.717) is 4.47 Å². The summed E-state index contributed by atoms with van der Waals surface area (Å²) >= 11 is 3.20. The van der Waals surface area contributed by atoms with Crippen LogP contribution in [0.1, 0.15) is 18.5 Å². The summed E-state index contributed by atoms with van der Waals surface area (Å²) in [6.45, 7) is 1.57. The average Bonchev–Trinajstić information content (AvgIpc) is 2.34. The van der Waals surface area contributed by atoms with Gasteiger partial charge in [0.1, 0.15) is 17.5 Å². The van der Waals surface area contributed by atoms with Gasteiger partial charge in [-0.3, -0.25) is 0 Å². The number of anilines is 1. The molecule has 1 N–H and O–H groups in total. The van der Waals surface area contributed by atoms with E-state index >= 15 is 0 Å². The molecule has 2 aromatic carbocycles. The lowest BCUT2D eigenvalue weighted by molar-refractivity contribution is 0.542. The van der Waals surface area contributed by atoms with Gasteiger partial charge in [0.15, 0.2) is 0 Å². The maximum Gasteiger partial charge on any atom is 0.147 e. The number of nitrogens with one attached hydrogen (secondary N) is 1. The third-order valence-corrected chi connectivity index (χ3v) is 3.42. The molecule has 0 aliphatic carbocycles. The standard InChI is InChI=1S/C14H11BrF3N/c1-8(13-10(16)5-3-6-11(13)17)19-14-9(15)4-2-7-12(14)18/h2-8,19H,1H3. The third kappa shape index (κ3) is 2.92. The van der Waals surface area contributed by atoms with Crippen LogP contribution in [0, 0.1) is 17.5 Å².